The van der Waals surface area contributed by atoms with Crippen molar-refractivity contribution >= 4 is 16.9 Å². The van der Waals surface area contributed by atoms with E-state index in [9.17, 15) is 4.79 Å². The maximum absolute atomic E-state index is 12.5. The Morgan fingerprint density at radius 3 is 3.05 bits per heavy atom. The predicted octanol–water partition coefficient (Wildman–Crippen LogP) is 0.840. The number of aryl methyl sites for hydroxylation is 2. The van der Waals surface area contributed by atoms with E-state index in [2.05, 4.69) is 10.1 Å². The minimum absolute atomic E-state index is 0.0119. The molecule has 1 aliphatic rings. The summed E-state index contributed by atoms with van der Waals surface area (Å²) in [7, 11) is 1.85. The average Bonchev–Trinajstić information content (AvgIpc) is 2.73. The standard InChI is InChI=1S/C14H19N5O/c1-9-12-6-10(7-16-13(12)18(2)17-9)14(20)19-5-3-4-11(15)8-19/h6-7,11H,3-5,8,15H2,1-2H3. The number of nitrogens with zero attached hydrogens (tertiary/aromatic N) is 4. The second-order valence-corrected chi connectivity index (χ2v) is 5.46. The molecule has 0 saturated carbocycles. The van der Waals surface area contributed by atoms with Crippen molar-refractivity contribution in [3.8, 4) is 0 Å². The number of hydrogen-bond donors (Lipinski definition) is 1. The first-order valence-electron chi connectivity index (χ1n) is 6.90. The van der Waals surface area contributed by atoms with Gasteiger partial charge in [-0.3, -0.25) is 9.48 Å². The number of amides is 1. The molecule has 1 atom stereocenters. The van der Waals surface area contributed by atoms with Crippen molar-refractivity contribution in [2.75, 3.05) is 13.1 Å². The minimum atomic E-state index is 0.0119. The second-order valence-electron chi connectivity index (χ2n) is 5.46. The van der Waals surface area contributed by atoms with Crippen LogP contribution in [0.3, 0.4) is 0 Å². The molecule has 1 unspecified atom stereocenters. The third-order valence-electron chi connectivity index (χ3n) is 3.85. The van der Waals surface area contributed by atoms with Crippen LogP contribution in [0.4, 0.5) is 0 Å². The van der Waals surface area contributed by atoms with Gasteiger partial charge >= 0.3 is 0 Å². The summed E-state index contributed by atoms with van der Waals surface area (Å²) in [5, 5.41) is 5.25. The number of piperidine rings is 1. The Balaban J connectivity index is 1.93. The fraction of sp³-hybridized carbons (Fsp3) is 0.500. The third-order valence-corrected chi connectivity index (χ3v) is 3.85. The lowest BCUT2D eigenvalue weighted by Gasteiger charge is -2.30. The first-order chi connectivity index (χ1) is 9.56. The van der Waals surface area contributed by atoms with E-state index in [1.54, 1.807) is 10.9 Å². The number of hydrogen-bond acceptors (Lipinski definition) is 4. The molecule has 1 saturated heterocycles. The maximum Gasteiger partial charge on any atom is 0.255 e. The highest BCUT2D eigenvalue weighted by atomic mass is 16.2. The number of fused-ring (bicyclic) bond motifs is 1. The molecule has 0 aromatic carbocycles. The average molecular weight is 273 g/mol. The zero-order valence-corrected chi connectivity index (χ0v) is 11.8. The normalized spacial score (nSPS) is 19.6. The Morgan fingerprint density at radius 2 is 2.30 bits per heavy atom. The van der Waals surface area contributed by atoms with Crippen LogP contribution in [-0.2, 0) is 7.05 Å². The fourth-order valence-electron chi connectivity index (χ4n) is 2.80. The molecule has 6 nitrogen and oxygen atoms in total. The summed E-state index contributed by atoms with van der Waals surface area (Å²) in [4.78, 5) is 18.7. The zero-order chi connectivity index (χ0) is 14.3. The fourth-order valence-corrected chi connectivity index (χ4v) is 2.80. The molecular formula is C14H19N5O. The Kier molecular flexibility index (Phi) is 3.17. The number of pyridine rings is 1. The van der Waals surface area contributed by atoms with Crippen LogP contribution in [0.15, 0.2) is 12.3 Å². The maximum atomic E-state index is 12.5. The lowest BCUT2D eigenvalue weighted by Crippen LogP contribution is -2.45. The van der Waals surface area contributed by atoms with Gasteiger partial charge in [-0.1, -0.05) is 0 Å². The highest BCUT2D eigenvalue weighted by Gasteiger charge is 2.23. The summed E-state index contributed by atoms with van der Waals surface area (Å²) in [6.45, 7) is 3.33. The summed E-state index contributed by atoms with van der Waals surface area (Å²) in [6.07, 6.45) is 3.59. The SMILES string of the molecule is Cc1nn(C)c2ncc(C(=O)N3CCCC(N)C3)cc12. The molecule has 2 aromatic rings. The number of likely N-dealkylation sites (tertiary alicyclic amines) is 1. The molecule has 0 spiro atoms. The second kappa shape index (κ2) is 4.86. The largest absolute Gasteiger partial charge is 0.337 e. The van der Waals surface area contributed by atoms with Gasteiger partial charge in [0.1, 0.15) is 0 Å². The summed E-state index contributed by atoms with van der Waals surface area (Å²) in [5.41, 5.74) is 8.24. The molecule has 20 heavy (non-hydrogen) atoms. The molecule has 0 aliphatic carbocycles. The minimum Gasteiger partial charge on any atom is -0.337 e. The predicted molar refractivity (Wildman–Crippen MR) is 76.4 cm³/mol. The Morgan fingerprint density at radius 1 is 1.50 bits per heavy atom. The van der Waals surface area contributed by atoms with E-state index in [-0.39, 0.29) is 11.9 Å². The van der Waals surface area contributed by atoms with Crippen LogP contribution in [0.5, 0.6) is 0 Å². The van der Waals surface area contributed by atoms with Gasteiger partial charge in [-0.25, -0.2) is 4.98 Å². The molecular weight excluding hydrogens is 254 g/mol. The van der Waals surface area contributed by atoms with E-state index in [1.807, 2.05) is 24.9 Å². The van der Waals surface area contributed by atoms with Gasteiger partial charge in [-0.2, -0.15) is 5.10 Å². The molecule has 3 rings (SSSR count). The van der Waals surface area contributed by atoms with E-state index >= 15 is 0 Å². The molecule has 106 valence electrons. The highest BCUT2D eigenvalue weighted by molar-refractivity contribution is 5.97. The van der Waals surface area contributed by atoms with E-state index < -0.39 is 0 Å². The zero-order valence-electron chi connectivity index (χ0n) is 11.8. The van der Waals surface area contributed by atoms with E-state index in [0.29, 0.717) is 12.1 Å². The van der Waals surface area contributed by atoms with Crippen LogP contribution in [-0.4, -0.2) is 44.7 Å². The molecule has 3 heterocycles. The van der Waals surface area contributed by atoms with Crippen molar-refractivity contribution in [2.24, 2.45) is 12.8 Å². The summed E-state index contributed by atoms with van der Waals surface area (Å²) >= 11 is 0. The van der Waals surface area contributed by atoms with Crippen molar-refractivity contribution in [3.05, 3.63) is 23.5 Å². The number of nitrogens with two attached hydrogens (primary N) is 1. The van der Waals surface area contributed by atoms with Crippen LogP contribution in [0.1, 0.15) is 28.9 Å². The van der Waals surface area contributed by atoms with Gasteiger partial charge in [0.25, 0.3) is 5.91 Å². The first kappa shape index (κ1) is 13.1. The van der Waals surface area contributed by atoms with Crippen molar-refractivity contribution in [1.29, 1.82) is 0 Å². The number of carbonyl (C=O) groups excluding carboxylic acids is 1. The van der Waals surface area contributed by atoms with Gasteiger partial charge < -0.3 is 10.6 Å². The van der Waals surface area contributed by atoms with E-state index in [1.165, 1.54) is 0 Å². The van der Waals surface area contributed by atoms with E-state index in [4.69, 9.17) is 5.73 Å². The van der Waals surface area contributed by atoms with Crippen LogP contribution in [0.25, 0.3) is 11.0 Å². The van der Waals surface area contributed by atoms with Crippen LogP contribution < -0.4 is 5.73 Å². The lowest BCUT2D eigenvalue weighted by molar-refractivity contribution is 0.0708. The summed E-state index contributed by atoms with van der Waals surface area (Å²) in [6, 6.07) is 1.97. The first-order valence-corrected chi connectivity index (χ1v) is 6.90. The highest BCUT2D eigenvalue weighted by Crippen LogP contribution is 2.19. The van der Waals surface area contributed by atoms with Crippen LogP contribution in [0.2, 0.25) is 0 Å². The summed E-state index contributed by atoms with van der Waals surface area (Å²) < 4.78 is 1.73. The van der Waals surface area contributed by atoms with Gasteiger partial charge in [0.15, 0.2) is 5.65 Å². The summed E-state index contributed by atoms with van der Waals surface area (Å²) in [5.74, 6) is 0.0119. The molecule has 2 N–H and O–H groups in total. The topological polar surface area (TPSA) is 77.0 Å². The molecule has 6 heteroatoms. The molecule has 1 fully saturated rings. The van der Waals surface area contributed by atoms with E-state index in [0.717, 1.165) is 36.1 Å². The van der Waals surface area contributed by atoms with Gasteiger partial charge in [0, 0.05) is 37.8 Å². The lowest BCUT2D eigenvalue weighted by atomic mass is 10.1. The van der Waals surface area contributed by atoms with Gasteiger partial charge in [-0.15, -0.1) is 0 Å². The molecule has 0 bridgehead atoms. The van der Waals surface area contributed by atoms with Crippen molar-refractivity contribution < 1.29 is 4.79 Å². The van der Waals surface area contributed by atoms with Crippen LogP contribution >= 0.6 is 0 Å². The van der Waals surface area contributed by atoms with Gasteiger partial charge in [0.05, 0.1) is 11.3 Å². The van der Waals surface area contributed by atoms with Gasteiger partial charge in [-0.05, 0) is 25.8 Å². The van der Waals surface area contributed by atoms with Crippen molar-refractivity contribution in [2.45, 2.75) is 25.8 Å². The molecule has 2 aromatic heterocycles. The molecule has 0 radical (unpaired) electrons. The Hall–Kier alpha value is -1.95. The van der Waals surface area contributed by atoms with Crippen molar-refractivity contribution in [3.63, 3.8) is 0 Å². The van der Waals surface area contributed by atoms with Crippen molar-refractivity contribution in [1.82, 2.24) is 19.7 Å². The molecule has 1 aliphatic heterocycles. The van der Waals surface area contributed by atoms with Crippen LogP contribution in [0, 0.1) is 6.92 Å². The monoisotopic (exact) mass is 273 g/mol. The molecule has 1 amide bonds. The Bertz CT molecular complexity index is 663. The number of rotatable bonds is 1. The number of aromatic nitrogens is 3. The number of carbonyl (C=O) groups is 1. The third kappa shape index (κ3) is 2.16. The smallest absolute Gasteiger partial charge is 0.255 e. The Labute approximate surface area is 117 Å². The van der Waals surface area contributed by atoms with Gasteiger partial charge in [0.2, 0.25) is 0 Å². The quantitative estimate of drug-likeness (QED) is 0.835.